The summed E-state index contributed by atoms with van der Waals surface area (Å²) in [5, 5.41) is 10.6. The number of hydrogen-bond donors (Lipinski definition) is 1. The number of hydrogen-bond acceptors (Lipinski definition) is 3. The molecule has 0 spiro atoms. The Balaban J connectivity index is 1.96. The molecule has 1 aliphatic rings. The Bertz CT molecular complexity index is 872. The molecule has 1 aromatic carbocycles. The normalized spacial score (nSPS) is 20.5. The molecular formula is C23H26O3. The predicted molar refractivity (Wildman–Crippen MR) is 106 cm³/mol. The highest BCUT2D eigenvalue weighted by Crippen LogP contribution is 2.41. The molecule has 1 aromatic heterocycles. The van der Waals surface area contributed by atoms with Gasteiger partial charge >= 0.3 is 5.63 Å². The standard InChI is InChI=1S/C23H26O3/c1-15(2)19-12-9-16(3)13-20(19)22-21(24)14-18(26-23(22)25)11-10-17-7-5-4-6-8-17/h4-8,10-11,13-15,19-20,24H,9,12H2,1-3H3. The van der Waals surface area contributed by atoms with Crippen molar-refractivity contribution in [3.63, 3.8) is 0 Å². The highest BCUT2D eigenvalue weighted by atomic mass is 16.4. The van der Waals surface area contributed by atoms with E-state index >= 15 is 0 Å². The van der Waals surface area contributed by atoms with E-state index in [-0.39, 0.29) is 11.7 Å². The van der Waals surface area contributed by atoms with E-state index < -0.39 is 5.63 Å². The van der Waals surface area contributed by atoms with Crippen LogP contribution in [0.15, 0.2) is 57.3 Å². The van der Waals surface area contributed by atoms with E-state index in [0.717, 1.165) is 18.4 Å². The lowest BCUT2D eigenvalue weighted by atomic mass is 9.72. The third kappa shape index (κ3) is 3.98. The van der Waals surface area contributed by atoms with Crippen molar-refractivity contribution in [3.05, 3.63) is 75.4 Å². The molecule has 0 saturated carbocycles. The molecule has 1 heterocycles. The van der Waals surface area contributed by atoms with Gasteiger partial charge in [0, 0.05) is 12.0 Å². The van der Waals surface area contributed by atoms with E-state index in [1.54, 1.807) is 12.1 Å². The zero-order chi connectivity index (χ0) is 18.7. The summed E-state index contributed by atoms with van der Waals surface area (Å²) in [6, 6.07) is 11.3. The summed E-state index contributed by atoms with van der Waals surface area (Å²) in [7, 11) is 0. The molecule has 0 aliphatic heterocycles. The molecule has 2 aromatic rings. The van der Waals surface area contributed by atoms with E-state index in [9.17, 15) is 9.90 Å². The number of aromatic hydroxyl groups is 1. The topological polar surface area (TPSA) is 50.4 Å². The Kier molecular flexibility index (Phi) is 5.46. The number of rotatable bonds is 4. The molecule has 1 N–H and O–H groups in total. The van der Waals surface area contributed by atoms with Crippen LogP contribution in [0.1, 0.15) is 56.4 Å². The summed E-state index contributed by atoms with van der Waals surface area (Å²) < 4.78 is 5.50. The molecule has 0 bridgehead atoms. The Morgan fingerprint density at radius 2 is 1.92 bits per heavy atom. The Morgan fingerprint density at radius 3 is 2.58 bits per heavy atom. The first kappa shape index (κ1) is 18.2. The van der Waals surface area contributed by atoms with Crippen LogP contribution in [0.5, 0.6) is 5.75 Å². The zero-order valence-corrected chi connectivity index (χ0v) is 15.6. The fraction of sp³-hybridized carbons (Fsp3) is 0.348. The molecule has 2 unspecified atom stereocenters. The molecule has 26 heavy (non-hydrogen) atoms. The first-order valence-corrected chi connectivity index (χ1v) is 9.23. The van der Waals surface area contributed by atoms with Crippen molar-refractivity contribution in [2.24, 2.45) is 11.8 Å². The maximum Gasteiger partial charge on any atom is 0.343 e. The summed E-state index contributed by atoms with van der Waals surface area (Å²) in [5.41, 5.74) is 2.21. The second-order valence-electron chi connectivity index (χ2n) is 7.46. The lowest BCUT2D eigenvalue weighted by Crippen LogP contribution is -2.25. The smallest absolute Gasteiger partial charge is 0.343 e. The van der Waals surface area contributed by atoms with Crippen LogP contribution in [0.4, 0.5) is 0 Å². The second-order valence-corrected chi connectivity index (χ2v) is 7.46. The van der Waals surface area contributed by atoms with Gasteiger partial charge in [-0.1, -0.05) is 61.9 Å². The summed E-state index contributed by atoms with van der Waals surface area (Å²) in [5.74, 6) is 1.06. The van der Waals surface area contributed by atoms with Crippen molar-refractivity contribution in [3.8, 4) is 5.75 Å². The maximum absolute atomic E-state index is 12.7. The van der Waals surface area contributed by atoms with Gasteiger partial charge in [0.25, 0.3) is 0 Å². The molecule has 136 valence electrons. The van der Waals surface area contributed by atoms with Gasteiger partial charge in [-0.2, -0.15) is 0 Å². The Morgan fingerprint density at radius 1 is 1.19 bits per heavy atom. The van der Waals surface area contributed by atoms with Crippen LogP contribution in [0.2, 0.25) is 0 Å². The van der Waals surface area contributed by atoms with Crippen molar-refractivity contribution in [2.45, 2.75) is 39.5 Å². The lowest BCUT2D eigenvalue weighted by Gasteiger charge is -2.32. The van der Waals surface area contributed by atoms with Gasteiger partial charge in [-0.25, -0.2) is 4.79 Å². The van der Waals surface area contributed by atoms with Gasteiger partial charge in [-0.05, 0) is 43.2 Å². The lowest BCUT2D eigenvalue weighted by molar-refractivity contribution is 0.302. The van der Waals surface area contributed by atoms with Crippen LogP contribution in [-0.2, 0) is 0 Å². The van der Waals surface area contributed by atoms with Crippen LogP contribution >= 0.6 is 0 Å². The monoisotopic (exact) mass is 350 g/mol. The molecule has 0 amide bonds. The first-order valence-electron chi connectivity index (χ1n) is 9.23. The van der Waals surface area contributed by atoms with E-state index in [2.05, 4.69) is 26.8 Å². The van der Waals surface area contributed by atoms with E-state index in [0.29, 0.717) is 23.2 Å². The highest BCUT2D eigenvalue weighted by molar-refractivity contribution is 5.67. The molecule has 1 aliphatic carbocycles. The largest absolute Gasteiger partial charge is 0.507 e. The van der Waals surface area contributed by atoms with Crippen LogP contribution in [0.3, 0.4) is 0 Å². The van der Waals surface area contributed by atoms with Gasteiger partial charge in [0.05, 0.1) is 5.56 Å². The van der Waals surface area contributed by atoms with Crippen molar-refractivity contribution in [1.29, 1.82) is 0 Å². The van der Waals surface area contributed by atoms with Gasteiger partial charge in [-0.3, -0.25) is 0 Å². The van der Waals surface area contributed by atoms with E-state index in [4.69, 9.17) is 4.42 Å². The molecular weight excluding hydrogens is 324 g/mol. The zero-order valence-electron chi connectivity index (χ0n) is 15.6. The van der Waals surface area contributed by atoms with Gasteiger partial charge < -0.3 is 9.52 Å². The third-order valence-corrected chi connectivity index (χ3v) is 5.21. The van der Waals surface area contributed by atoms with Gasteiger partial charge in [-0.15, -0.1) is 0 Å². The summed E-state index contributed by atoms with van der Waals surface area (Å²) in [6.45, 7) is 6.42. The van der Waals surface area contributed by atoms with Crippen molar-refractivity contribution in [1.82, 2.24) is 0 Å². The van der Waals surface area contributed by atoms with Crippen LogP contribution in [0, 0.1) is 11.8 Å². The fourth-order valence-corrected chi connectivity index (χ4v) is 3.77. The minimum Gasteiger partial charge on any atom is -0.507 e. The minimum atomic E-state index is -0.445. The third-order valence-electron chi connectivity index (χ3n) is 5.21. The van der Waals surface area contributed by atoms with E-state index in [1.165, 1.54) is 5.57 Å². The first-order chi connectivity index (χ1) is 12.5. The summed E-state index contributed by atoms with van der Waals surface area (Å²) in [6.07, 6.45) is 7.77. The quantitative estimate of drug-likeness (QED) is 0.729. The number of benzene rings is 1. The summed E-state index contributed by atoms with van der Waals surface area (Å²) in [4.78, 5) is 12.7. The molecule has 0 radical (unpaired) electrons. The Hall–Kier alpha value is -2.55. The van der Waals surface area contributed by atoms with Crippen molar-refractivity contribution < 1.29 is 9.52 Å². The average Bonchev–Trinajstić information content (AvgIpc) is 2.60. The molecule has 0 fully saturated rings. The van der Waals surface area contributed by atoms with Gasteiger partial charge in [0.2, 0.25) is 0 Å². The van der Waals surface area contributed by atoms with Crippen LogP contribution in [0.25, 0.3) is 12.2 Å². The van der Waals surface area contributed by atoms with Crippen molar-refractivity contribution in [2.75, 3.05) is 0 Å². The molecule has 3 nitrogen and oxygen atoms in total. The SMILES string of the molecule is CC1=CC(c2c(O)cc(C=Cc3ccccc3)oc2=O)C(C(C)C)CC1. The van der Waals surface area contributed by atoms with Gasteiger partial charge in [0.15, 0.2) is 0 Å². The van der Waals surface area contributed by atoms with Crippen LogP contribution in [-0.4, -0.2) is 5.11 Å². The molecule has 3 rings (SSSR count). The molecule has 2 atom stereocenters. The predicted octanol–water partition coefficient (Wildman–Crippen LogP) is 5.61. The molecule has 3 heteroatoms. The summed E-state index contributed by atoms with van der Waals surface area (Å²) >= 11 is 0. The second kappa shape index (κ2) is 7.77. The average molecular weight is 350 g/mol. The van der Waals surface area contributed by atoms with Gasteiger partial charge in [0.1, 0.15) is 11.5 Å². The maximum atomic E-state index is 12.7. The minimum absolute atomic E-state index is 0.0237. The molecule has 0 saturated heterocycles. The highest BCUT2D eigenvalue weighted by Gasteiger charge is 2.32. The number of allylic oxidation sites excluding steroid dienone is 2. The Labute approximate surface area is 154 Å². The van der Waals surface area contributed by atoms with Crippen molar-refractivity contribution >= 4 is 12.2 Å². The van der Waals surface area contributed by atoms with E-state index in [1.807, 2.05) is 36.4 Å². The van der Waals surface area contributed by atoms with Crippen LogP contribution < -0.4 is 5.63 Å². The fourth-order valence-electron chi connectivity index (χ4n) is 3.77.